The number of piperazine rings is 1. The third kappa shape index (κ3) is 4.82. The van der Waals surface area contributed by atoms with Crippen molar-refractivity contribution < 1.29 is 9.47 Å². The van der Waals surface area contributed by atoms with Gasteiger partial charge in [0.1, 0.15) is 6.61 Å². The zero-order valence-corrected chi connectivity index (χ0v) is 16.2. The maximum atomic E-state index is 6.04. The van der Waals surface area contributed by atoms with Crippen molar-refractivity contribution >= 4 is 0 Å². The molecule has 2 aliphatic rings. The first-order chi connectivity index (χ1) is 13.3. The first-order valence-electron chi connectivity index (χ1n) is 10.1. The Hall–Kier alpha value is -2.04. The fourth-order valence-electron chi connectivity index (χ4n) is 3.91. The molecule has 1 saturated carbocycles. The van der Waals surface area contributed by atoms with Crippen molar-refractivity contribution in [3.63, 3.8) is 0 Å². The second-order valence-corrected chi connectivity index (χ2v) is 7.67. The molecule has 4 nitrogen and oxygen atoms in total. The van der Waals surface area contributed by atoms with Crippen molar-refractivity contribution in [3.05, 3.63) is 59.7 Å². The largest absolute Gasteiger partial charge is 0.493 e. The van der Waals surface area contributed by atoms with E-state index in [0.717, 1.165) is 49.2 Å². The summed E-state index contributed by atoms with van der Waals surface area (Å²) < 4.78 is 11.7. The van der Waals surface area contributed by atoms with Crippen molar-refractivity contribution in [1.29, 1.82) is 0 Å². The number of methoxy groups -OCH3 is 1. The van der Waals surface area contributed by atoms with Gasteiger partial charge in [0.25, 0.3) is 0 Å². The van der Waals surface area contributed by atoms with Crippen molar-refractivity contribution in [2.24, 2.45) is 5.92 Å². The molecular weight excluding hydrogens is 336 g/mol. The Balaban J connectivity index is 1.50. The standard InChI is InChI=1S/C23H30N2O2/c1-26-23-16-20(9-10-22(23)27-17-19-5-3-2-4-6-19)21(15-18-7-8-18)25-13-11-24-12-14-25/h2-6,9-10,16,18,21,24H,7-8,11-15,17H2,1H3/t21-/m0/s1. The SMILES string of the molecule is COc1cc([C@H](CC2CC2)N2CCNCC2)ccc1OCc1ccccc1. The van der Waals surface area contributed by atoms with Crippen LogP contribution in [-0.4, -0.2) is 38.2 Å². The van der Waals surface area contributed by atoms with E-state index in [1.807, 2.05) is 18.2 Å². The van der Waals surface area contributed by atoms with Crippen LogP contribution in [0.15, 0.2) is 48.5 Å². The molecule has 4 heteroatoms. The van der Waals surface area contributed by atoms with Crippen LogP contribution in [0.3, 0.4) is 0 Å². The smallest absolute Gasteiger partial charge is 0.161 e. The molecule has 2 aromatic carbocycles. The lowest BCUT2D eigenvalue weighted by Crippen LogP contribution is -2.45. The van der Waals surface area contributed by atoms with Crippen molar-refractivity contribution in [2.45, 2.75) is 31.9 Å². The minimum absolute atomic E-state index is 0.483. The maximum Gasteiger partial charge on any atom is 0.161 e. The maximum absolute atomic E-state index is 6.04. The van der Waals surface area contributed by atoms with Gasteiger partial charge in [0.05, 0.1) is 7.11 Å². The summed E-state index contributed by atoms with van der Waals surface area (Å²) in [6, 6.07) is 17.2. The zero-order valence-electron chi connectivity index (χ0n) is 16.2. The van der Waals surface area contributed by atoms with Gasteiger partial charge >= 0.3 is 0 Å². The highest BCUT2D eigenvalue weighted by Crippen LogP contribution is 2.42. The second-order valence-electron chi connectivity index (χ2n) is 7.67. The molecule has 0 amide bonds. The molecule has 1 aliphatic carbocycles. The van der Waals surface area contributed by atoms with Gasteiger partial charge < -0.3 is 14.8 Å². The van der Waals surface area contributed by atoms with Gasteiger partial charge in [-0.3, -0.25) is 4.90 Å². The molecular formula is C23H30N2O2. The van der Waals surface area contributed by atoms with Gasteiger partial charge in [-0.25, -0.2) is 0 Å². The van der Waals surface area contributed by atoms with Crippen LogP contribution in [0, 0.1) is 5.92 Å². The summed E-state index contributed by atoms with van der Waals surface area (Å²) in [4.78, 5) is 2.63. The van der Waals surface area contributed by atoms with E-state index in [1.54, 1.807) is 7.11 Å². The predicted octanol–water partition coefficient (Wildman–Crippen LogP) is 4.02. The minimum Gasteiger partial charge on any atom is -0.493 e. The average molecular weight is 367 g/mol. The molecule has 0 bridgehead atoms. The molecule has 0 unspecified atom stereocenters. The molecule has 1 saturated heterocycles. The summed E-state index contributed by atoms with van der Waals surface area (Å²) in [6.45, 7) is 4.95. The Morgan fingerprint density at radius 2 is 1.81 bits per heavy atom. The summed E-state index contributed by atoms with van der Waals surface area (Å²) in [5, 5.41) is 3.47. The second kappa shape index (κ2) is 8.77. The van der Waals surface area contributed by atoms with Crippen molar-refractivity contribution in [2.75, 3.05) is 33.3 Å². The van der Waals surface area contributed by atoms with E-state index in [1.165, 1.54) is 24.8 Å². The van der Waals surface area contributed by atoms with Crippen LogP contribution in [-0.2, 0) is 6.61 Å². The van der Waals surface area contributed by atoms with Crippen LogP contribution in [0.2, 0.25) is 0 Å². The number of hydrogen-bond donors (Lipinski definition) is 1. The van der Waals surface area contributed by atoms with Crippen LogP contribution >= 0.6 is 0 Å². The molecule has 1 atom stereocenters. The molecule has 1 aliphatic heterocycles. The van der Waals surface area contributed by atoms with Gasteiger partial charge in [-0.05, 0) is 35.6 Å². The number of rotatable bonds is 8. The number of nitrogens with one attached hydrogen (secondary N) is 1. The summed E-state index contributed by atoms with van der Waals surface area (Å²) in [6.07, 6.45) is 4.03. The Labute approximate surface area is 162 Å². The van der Waals surface area contributed by atoms with Crippen molar-refractivity contribution in [1.82, 2.24) is 10.2 Å². The van der Waals surface area contributed by atoms with Crippen LogP contribution in [0.5, 0.6) is 11.5 Å². The average Bonchev–Trinajstić information content (AvgIpc) is 3.56. The van der Waals surface area contributed by atoms with Gasteiger partial charge in [-0.2, -0.15) is 0 Å². The normalized spacial score (nSPS) is 18.9. The van der Waals surface area contributed by atoms with Crippen LogP contribution < -0.4 is 14.8 Å². The quantitative estimate of drug-likeness (QED) is 0.765. The fourth-order valence-corrected chi connectivity index (χ4v) is 3.91. The topological polar surface area (TPSA) is 33.7 Å². The van der Waals surface area contributed by atoms with E-state index in [-0.39, 0.29) is 0 Å². The van der Waals surface area contributed by atoms with Gasteiger partial charge in [0.15, 0.2) is 11.5 Å². The van der Waals surface area contributed by atoms with Gasteiger partial charge in [0.2, 0.25) is 0 Å². The molecule has 2 fully saturated rings. The summed E-state index contributed by atoms with van der Waals surface area (Å²) >= 11 is 0. The van der Waals surface area contributed by atoms with E-state index in [2.05, 4.69) is 40.5 Å². The van der Waals surface area contributed by atoms with E-state index in [0.29, 0.717) is 12.6 Å². The molecule has 144 valence electrons. The first-order valence-corrected chi connectivity index (χ1v) is 10.1. The fraction of sp³-hybridized carbons (Fsp3) is 0.478. The lowest BCUT2D eigenvalue weighted by molar-refractivity contribution is 0.160. The van der Waals surface area contributed by atoms with Crippen LogP contribution in [0.25, 0.3) is 0 Å². The van der Waals surface area contributed by atoms with E-state index < -0.39 is 0 Å². The molecule has 2 aromatic rings. The third-order valence-electron chi connectivity index (χ3n) is 5.66. The predicted molar refractivity (Wildman–Crippen MR) is 108 cm³/mol. The summed E-state index contributed by atoms with van der Waals surface area (Å²) in [7, 11) is 1.73. The molecule has 1 N–H and O–H groups in total. The highest BCUT2D eigenvalue weighted by molar-refractivity contribution is 5.44. The monoisotopic (exact) mass is 366 g/mol. The Morgan fingerprint density at radius 3 is 2.52 bits per heavy atom. The Bertz CT molecular complexity index is 724. The molecule has 1 heterocycles. The number of nitrogens with zero attached hydrogens (tertiary/aromatic N) is 1. The third-order valence-corrected chi connectivity index (χ3v) is 5.66. The van der Waals surface area contributed by atoms with Gasteiger partial charge in [-0.1, -0.05) is 49.2 Å². The molecule has 0 radical (unpaired) electrons. The van der Waals surface area contributed by atoms with E-state index >= 15 is 0 Å². The number of benzene rings is 2. The lowest BCUT2D eigenvalue weighted by Gasteiger charge is -2.35. The molecule has 27 heavy (non-hydrogen) atoms. The Kier molecular flexibility index (Phi) is 5.95. The Morgan fingerprint density at radius 1 is 1.04 bits per heavy atom. The van der Waals surface area contributed by atoms with E-state index in [4.69, 9.17) is 9.47 Å². The number of ether oxygens (including phenoxy) is 2. The summed E-state index contributed by atoms with van der Waals surface area (Å²) in [5.74, 6) is 2.54. The highest BCUT2D eigenvalue weighted by atomic mass is 16.5. The van der Waals surface area contributed by atoms with Crippen LogP contribution in [0.1, 0.15) is 36.4 Å². The summed E-state index contributed by atoms with van der Waals surface area (Å²) in [5.41, 5.74) is 2.52. The number of hydrogen-bond acceptors (Lipinski definition) is 4. The highest BCUT2D eigenvalue weighted by Gasteiger charge is 2.30. The lowest BCUT2D eigenvalue weighted by atomic mass is 9.98. The van der Waals surface area contributed by atoms with Crippen molar-refractivity contribution in [3.8, 4) is 11.5 Å². The minimum atomic E-state index is 0.483. The van der Waals surface area contributed by atoms with Crippen LogP contribution in [0.4, 0.5) is 0 Å². The van der Waals surface area contributed by atoms with Gasteiger partial charge in [0, 0.05) is 32.2 Å². The van der Waals surface area contributed by atoms with Gasteiger partial charge in [-0.15, -0.1) is 0 Å². The molecule has 0 spiro atoms. The molecule has 4 rings (SSSR count). The molecule has 0 aromatic heterocycles. The van der Waals surface area contributed by atoms with E-state index in [9.17, 15) is 0 Å². The zero-order chi connectivity index (χ0) is 18.5. The first kappa shape index (κ1) is 18.3.